The van der Waals surface area contributed by atoms with Crippen molar-refractivity contribution in [2.45, 2.75) is 33.4 Å². The predicted molar refractivity (Wildman–Crippen MR) is 126 cm³/mol. The summed E-state index contributed by atoms with van der Waals surface area (Å²) < 4.78 is 10.0. The molecular formula is C24H25ClN4O3. The molecule has 0 aliphatic rings. The number of halogens is 1. The monoisotopic (exact) mass is 452 g/mol. The van der Waals surface area contributed by atoms with Crippen molar-refractivity contribution in [1.82, 2.24) is 18.7 Å². The lowest BCUT2D eigenvalue weighted by atomic mass is 10.1. The van der Waals surface area contributed by atoms with Gasteiger partial charge in [-0.3, -0.25) is 9.36 Å². The number of imidazole rings is 1. The fraction of sp³-hybridized carbons (Fsp3) is 0.292. The van der Waals surface area contributed by atoms with Gasteiger partial charge < -0.3 is 9.30 Å². The van der Waals surface area contributed by atoms with Crippen molar-refractivity contribution in [2.24, 2.45) is 5.92 Å². The van der Waals surface area contributed by atoms with Gasteiger partial charge in [0, 0.05) is 18.1 Å². The Morgan fingerprint density at radius 2 is 1.88 bits per heavy atom. The molecule has 0 saturated carbocycles. The lowest BCUT2D eigenvalue weighted by Crippen LogP contribution is -2.40. The van der Waals surface area contributed by atoms with Crippen molar-refractivity contribution >= 4 is 22.8 Å². The standard InChI is InChI=1S/C24H25ClN4O3/c1-16(2)11-12-28-23(30)21-22(26-15-27(21)14-17-7-6-8-18(25)13-17)29(24(28)31)19-9-4-5-10-20(19)32-3/h4-10,13,15-16H,11-12,14H2,1-3H3. The number of ether oxygens (including phenoxy) is 1. The van der Waals surface area contributed by atoms with Crippen LogP contribution in [0.3, 0.4) is 0 Å². The molecule has 7 nitrogen and oxygen atoms in total. The van der Waals surface area contributed by atoms with Crippen LogP contribution in [0.25, 0.3) is 16.9 Å². The summed E-state index contributed by atoms with van der Waals surface area (Å²) in [6.45, 7) is 4.85. The van der Waals surface area contributed by atoms with Crippen LogP contribution in [0.15, 0.2) is 64.4 Å². The molecule has 0 radical (unpaired) electrons. The van der Waals surface area contributed by atoms with Crippen molar-refractivity contribution in [3.05, 3.63) is 86.3 Å². The summed E-state index contributed by atoms with van der Waals surface area (Å²) >= 11 is 6.14. The molecule has 166 valence electrons. The number of para-hydroxylation sites is 2. The van der Waals surface area contributed by atoms with E-state index in [2.05, 4.69) is 18.8 Å². The molecule has 0 fully saturated rings. The second-order valence-electron chi connectivity index (χ2n) is 8.10. The molecule has 0 N–H and O–H groups in total. The number of methoxy groups -OCH3 is 1. The maximum absolute atomic E-state index is 13.5. The average molecular weight is 453 g/mol. The van der Waals surface area contributed by atoms with Gasteiger partial charge in [-0.2, -0.15) is 0 Å². The zero-order valence-electron chi connectivity index (χ0n) is 18.3. The zero-order chi connectivity index (χ0) is 22.8. The number of nitrogens with zero attached hydrogens (tertiary/aromatic N) is 4. The molecule has 0 atom stereocenters. The van der Waals surface area contributed by atoms with Gasteiger partial charge in [-0.05, 0) is 42.2 Å². The summed E-state index contributed by atoms with van der Waals surface area (Å²) in [5, 5.41) is 0.618. The highest BCUT2D eigenvalue weighted by Crippen LogP contribution is 2.23. The Morgan fingerprint density at radius 3 is 2.59 bits per heavy atom. The maximum Gasteiger partial charge on any atom is 0.337 e. The van der Waals surface area contributed by atoms with Gasteiger partial charge in [0.1, 0.15) is 5.75 Å². The van der Waals surface area contributed by atoms with Crippen molar-refractivity contribution < 1.29 is 4.74 Å². The highest BCUT2D eigenvalue weighted by atomic mass is 35.5. The van der Waals surface area contributed by atoms with Crippen LogP contribution in [0.4, 0.5) is 0 Å². The van der Waals surface area contributed by atoms with E-state index in [4.69, 9.17) is 16.3 Å². The van der Waals surface area contributed by atoms with Gasteiger partial charge in [-0.1, -0.05) is 49.7 Å². The number of fused-ring (bicyclic) bond motifs is 1. The Kier molecular flexibility index (Phi) is 6.19. The SMILES string of the molecule is COc1ccccc1-n1c(=O)n(CCC(C)C)c(=O)c2c1ncn2Cc1cccc(Cl)c1. The Hall–Kier alpha value is -3.32. The summed E-state index contributed by atoms with van der Waals surface area (Å²) in [6, 6.07) is 14.7. The average Bonchev–Trinajstić information content (AvgIpc) is 3.17. The van der Waals surface area contributed by atoms with E-state index in [1.807, 2.05) is 30.3 Å². The Bertz CT molecular complexity index is 1380. The minimum atomic E-state index is -0.430. The first-order valence-corrected chi connectivity index (χ1v) is 10.9. The Balaban J connectivity index is 1.99. The molecular weight excluding hydrogens is 428 g/mol. The minimum absolute atomic E-state index is 0.298. The molecule has 2 aromatic heterocycles. The second kappa shape index (κ2) is 9.04. The van der Waals surface area contributed by atoms with E-state index < -0.39 is 5.69 Å². The number of hydrogen-bond acceptors (Lipinski definition) is 4. The molecule has 0 spiro atoms. The van der Waals surface area contributed by atoms with Crippen LogP contribution >= 0.6 is 11.6 Å². The number of aromatic nitrogens is 4. The molecule has 2 aromatic carbocycles. The number of rotatable bonds is 7. The van der Waals surface area contributed by atoms with Gasteiger partial charge in [0.2, 0.25) is 0 Å². The van der Waals surface area contributed by atoms with E-state index in [0.29, 0.717) is 53.1 Å². The molecule has 32 heavy (non-hydrogen) atoms. The van der Waals surface area contributed by atoms with Crippen LogP contribution in [0.2, 0.25) is 5.02 Å². The predicted octanol–water partition coefficient (Wildman–Crippen LogP) is 4.11. The van der Waals surface area contributed by atoms with Gasteiger partial charge in [0.05, 0.1) is 19.1 Å². The minimum Gasteiger partial charge on any atom is -0.495 e. The van der Waals surface area contributed by atoms with E-state index in [9.17, 15) is 9.59 Å². The van der Waals surface area contributed by atoms with Crippen molar-refractivity contribution in [2.75, 3.05) is 7.11 Å². The highest BCUT2D eigenvalue weighted by molar-refractivity contribution is 6.30. The summed E-state index contributed by atoms with van der Waals surface area (Å²) in [5.41, 5.74) is 1.35. The summed E-state index contributed by atoms with van der Waals surface area (Å²) in [5.74, 6) is 0.863. The van der Waals surface area contributed by atoms with Crippen molar-refractivity contribution in [3.8, 4) is 11.4 Å². The van der Waals surface area contributed by atoms with Gasteiger partial charge in [-0.15, -0.1) is 0 Å². The smallest absolute Gasteiger partial charge is 0.337 e. The highest BCUT2D eigenvalue weighted by Gasteiger charge is 2.21. The molecule has 0 amide bonds. The third-order valence-corrected chi connectivity index (χ3v) is 5.63. The molecule has 0 aliphatic carbocycles. The quantitative estimate of drug-likeness (QED) is 0.423. The van der Waals surface area contributed by atoms with E-state index in [1.54, 1.807) is 36.2 Å². The van der Waals surface area contributed by atoms with Crippen LogP contribution in [0.1, 0.15) is 25.8 Å². The normalized spacial score (nSPS) is 11.4. The van der Waals surface area contributed by atoms with Crippen LogP contribution in [0, 0.1) is 5.92 Å². The van der Waals surface area contributed by atoms with Crippen molar-refractivity contribution in [3.63, 3.8) is 0 Å². The molecule has 0 aliphatic heterocycles. The van der Waals surface area contributed by atoms with Crippen LogP contribution < -0.4 is 16.0 Å². The molecule has 0 saturated heterocycles. The van der Waals surface area contributed by atoms with Gasteiger partial charge >= 0.3 is 5.69 Å². The molecule has 8 heteroatoms. The third kappa shape index (κ3) is 4.08. The summed E-state index contributed by atoms with van der Waals surface area (Å²) in [6.07, 6.45) is 2.29. The number of hydrogen-bond donors (Lipinski definition) is 0. The number of benzene rings is 2. The first-order valence-electron chi connectivity index (χ1n) is 10.5. The van der Waals surface area contributed by atoms with E-state index in [0.717, 1.165) is 5.56 Å². The van der Waals surface area contributed by atoms with Gasteiger partial charge in [0.25, 0.3) is 5.56 Å². The molecule has 4 aromatic rings. The first kappa shape index (κ1) is 21.9. The van der Waals surface area contributed by atoms with Crippen LogP contribution in [-0.4, -0.2) is 25.8 Å². The van der Waals surface area contributed by atoms with Crippen molar-refractivity contribution in [1.29, 1.82) is 0 Å². The first-order chi connectivity index (χ1) is 15.4. The maximum atomic E-state index is 13.5. The topological polar surface area (TPSA) is 71.1 Å². The zero-order valence-corrected chi connectivity index (χ0v) is 19.0. The Morgan fingerprint density at radius 1 is 1.09 bits per heavy atom. The van der Waals surface area contributed by atoms with E-state index in [-0.39, 0.29) is 5.56 Å². The summed E-state index contributed by atoms with van der Waals surface area (Å²) in [7, 11) is 1.55. The molecule has 0 unspecified atom stereocenters. The largest absolute Gasteiger partial charge is 0.495 e. The fourth-order valence-corrected chi connectivity index (χ4v) is 3.96. The molecule has 4 rings (SSSR count). The lowest BCUT2D eigenvalue weighted by Gasteiger charge is -2.15. The Labute approximate surface area is 190 Å². The summed E-state index contributed by atoms with van der Waals surface area (Å²) in [4.78, 5) is 31.4. The second-order valence-corrected chi connectivity index (χ2v) is 8.54. The molecule has 2 heterocycles. The van der Waals surface area contributed by atoms with Crippen LogP contribution in [0.5, 0.6) is 5.75 Å². The van der Waals surface area contributed by atoms with Crippen LogP contribution in [-0.2, 0) is 13.1 Å². The van der Waals surface area contributed by atoms with Gasteiger partial charge in [-0.25, -0.2) is 14.3 Å². The van der Waals surface area contributed by atoms with E-state index >= 15 is 0 Å². The molecule has 0 bridgehead atoms. The third-order valence-electron chi connectivity index (χ3n) is 5.40. The van der Waals surface area contributed by atoms with Gasteiger partial charge in [0.15, 0.2) is 11.2 Å². The fourth-order valence-electron chi connectivity index (χ4n) is 3.75. The lowest BCUT2D eigenvalue weighted by molar-refractivity contribution is 0.412. The van der Waals surface area contributed by atoms with E-state index in [1.165, 1.54) is 9.13 Å².